The van der Waals surface area contributed by atoms with Gasteiger partial charge in [-0.15, -0.1) is 0 Å². The van der Waals surface area contributed by atoms with E-state index in [-0.39, 0.29) is 6.04 Å². The van der Waals surface area contributed by atoms with E-state index in [0.717, 1.165) is 30.1 Å². The van der Waals surface area contributed by atoms with Crippen LogP contribution in [-0.2, 0) is 6.54 Å². The standard InChI is InChI=1S/C20H25ClN2O2/c1-3-11-23(2)19(16-7-9-18(21)10-8-16)14-22-13-15-5-4-6-17(12-15)20(24)25/h4-10,12,19,22H,3,11,13-14H2,1-2H3,(H,24,25). The van der Waals surface area contributed by atoms with E-state index in [9.17, 15) is 4.79 Å². The number of likely N-dealkylation sites (N-methyl/N-ethyl adjacent to an activating group) is 1. The number of hydrogen-bond acceptors (Lipinski definition) is 3. The molecule has 4 nitrogen and oxygen atoms in total. The first-order chi connectivity index (χ1) is 12.0. The molecule has 0 fully saturated rings. The van der Waals surface area contributed by atoms with Gasteiger partial charge in [-0.3, -0.25) is 4.90 Å². The molecule has 1 atom stereocenters. The molecular formula is C20H25ClN2O2. The van der Waals surface area contributed by atoms with Crippen LogP contribution < -0.4 is 5.32 Å². The zero-order valence-corrected chi connectivity index (χ0v) is 15.5. The molecule has 25 heavy (non-hydrogen) atoms. The van der Waals surface area contributed by atoms with Gasteiger partial charge in [-0.1, -0.05) is 42.8 Å². The average molecular weight is 361 g/mol. The monoisotopic (exact) mass is 360 g/mol. The lowest BCUT2D eigenvalue weighted by molar-refractivity contribution is 0.0696. The number of benzene rings is 2. The first kappa shape index (κ1) is 19.4. The van der Waals surface area contributed by atoms with Crippen LogP contribution in [0.3, 0.4) is 0 Å². The number of rotatable bonds is 9. The summed E-state index contributed by atoms with van der Waals surface area (Å²) in [6.07, 6.45) is 1.08. The van der Waals surface area contributed by atoms with Crippen molar-refractivity contribution in [2.45, 2.75) is 25.9 Å². The first-order valence-electron chi connectivity index (χ1n) is 8.50. The second-order valence-corrected chi connectivity index (χ2v) is 6.62. The molecule has 2 aromatic rings. The smallest absolute Gasteiger partial charge is 0.335 e. The van der Waals surface area contributed by atoms with Gasteiger partial charge in [0.05, 0.1) is 5.56 Å². The minimum atomic E-state index is -0.899. The van der Waals surface area contributed by atoms with Crippen LogP contribution in [0, 0.1) is 0 Å². The molecule has 0 aromatic heterocycles. The van der Waals surface area contributed by atoms with Gasteiger partial charge in [-0.2, -0.15) is 0 Å². The molecule has 0 saturated carbocycles. The molecule has 1 unspecified atom stereocenters. The van der Waals surface area contributed by atoms with Crippen molar-refractivity contribution in [2.75, 3.05) is 20.1 Å². The summed E-state index contributed by atoms with van der Waals surface area (Å²) in [5.41, 5.74) is 2.50. The van der Waals surface area contributed by atoms with E-state index in [1.54, 1.807) is 18.2 Å². The second kappa shape index (κ2) is 9.56. The number of halogens is 1. The molecule has 2 aromatic carbocycles. The predicted molar refractivity (Wildman–Crippen MR) is 102 cm³/mol. The van der Waals surface area contributed by atoms with Gasteiger partial charge in [0.1, 0.15) is 0 Å². The van der Waals surface area contributed by atoms with Gasteiger partial charge in [-0.05, 0) is 55.4 Å². The number of nitrogens with one attached hydrogen (secondary N) is 1. The van der Waals surface area contributed by atoms with Crippen molar-refractivity contribution in [2.24, 2.45) is 0 Å². The third-order valence-corrected chi connectivity index (χ3v) is 4.46. The molecule has 0 aliphatic carbocycles. The summed E-state index contributed by atoms with van der Waals surface area (Å²) >= 11 is 6.00. The Hall–Kier alpha value is -1.88. The Morgan fingerprint density at radius 1 is 1.24 bits per heavy atom. The highest BCUT2D eigenvalue weighted by atomic mass is 35.5. The number of carbonyl (C=O) groups is 1. The van der Waals surface area contributed by atoms with Gasteiger partial charge < -0.3 is 10.4 Å². The molecule has 2 rings (SSSR count). The Morgan fingerprint density at radius 2 is 1.96 bits per heavy atom. The predicted octanol–water partition coefficient (Wildman–Crippen LogP) is 4.21. The van der Waals surface area contributed by atoms with Crippen LogP contribution in [-0.4, -0.2) is 36.1 Å². The van der Waals surface area contributed by atoms with Crippen LogP contribution in [0.4, 0.5) is 0 Å². The maximum absolute atomic E-state index is 11.1. The van der Waals surface area contributed by atoms with E-state index >= 15 is 0 Å². The van der Waals surface area contributed by atoms with E-state index < -0.39 is 5.97 Å². The van der Waals surface area contributed by atoms with Crippen molar-refractivity contribution in [3.05, 3.63) is 70.2 Å². The van der Waals surface area contributed by atoms with E-state index in [1.165, 1.54) is 5.56 Å². The summed E-state index contributed by atoms with van der Waals surface area (Å²) in [6.45, 7) is 4.57. The third kappa shape index (κ3) is 5.85. The largest absolute Gasteiger partial charge is 0.478 e. The second-order valence-electron chi connectivity index (χ2n) is 6.18. The number of nitrogens with zero attached hydrogens (tertiary/aromatic N) is 1. The number of hydrogen-bond donors (Lipinski definition) is 2. The molecule has 0 aliphatic rings. The lowest BCUT2D eigenvalue weighted by Crippen LogP contribution is -2.33. The summed E-state index contributed by atoms with van der Waals surface area (Å²) in [7, 11) is 2.12. The maximum atomic E-state index is 11.1. The highest BCUT2D eigenvalue weighted by molar-refractivity contribution is 6.30. The summed E-state index contributed by atoms with van der Waals surface area (Å²) in [5.74, 6) is -0.899. The zero-order chi connectivity index (χ0) is 18.2. The van der Waals surface area contributed by atoms with Crippen molar-refractivity contribution < 1.29 is 9.90 Å². The normalized spacial score (nSPS) is 12.3. The lowest BCUT2D eigenvalue weighted by atomic mass is 10.0. The van der Waals surface area contributed by atoms with Crippen LogP contribution in [0.25, 0.3) is 0 Å². The van der Waals surface area contributed by atoms with E-state index in [4.69, 9.17) is 16.7 Å². The van der Waals surface area contributed by atoms with Gasteiger partial charge in [0, 0.05) is 24.2 Å². The summed E-state index contributed by atoms with van der Waals surface area (Å²) < 4.78 is 0. The van der Waals surface area contributed by atoms with E-state index in [2.05, 4.69) is 36.3 Å². The van der Waals surface area contributed by atoms with E-state index in [0.29, 0.717) is 12.1 Å². The molecular weight excluding hydrogens is 336 g/mol. The van der Waals surface area contributed by atoms with Crippen molar-refractivity contribution in [1.29, 1.82) is 0 Å². The van der Waals surface area contributed by atoms with Crippen LogP contribution in [0.5, 0.6) is 0 Å². The quantitative estimate of drug-likeness (QED) is 0.703. The van der Waals surface area contributed by atoms with Crippen LogP contribution in [0.1, 0.15) is 40.9 Å². The maximum Gasteiger partial charge on any atom is 0.335 e. The molecule has 134 valence electrons. The summed E-state index contributed by atoms with van der Waals surface area (Å²) in [4.78, 5) is 13.4. The van der Waals surface area contributed by atoms with Crippen LogP contribution in [0.15, 0.2) is 48.5 Å². The minimum Gasteiger partial charge on any atom is -0.478 e. The topological polar surface area (TPSA) is 52.6 Å². The number of carboxylic acids is 1. The third-order valence-electron chi connectivity index (χ3n) is 4.20. The molecule has 0 bridgehead atoms. The minimum absolute atomic E-state index is 0.236. The molecule has 0 spiro atoms. The fourth-order valence-electron chi connectivity index (χ4n) is 2.89. The Labute approximate surface area is 154 Å². The van der Waals surface area contributed by atoms with Crippen molar-refractivity contribution in [1.82, 2.24) is 10.2 Å². The SMILES string of the molecule is CCCN(C)C(CNCc1cccc(C(=O)O)c1)c1ccc(Cl)cc1. The Bertz CT molecular complexity index is 688. The summed E-state index contributed by atoms with van der Waals surface area (Å²) in [5, 5.41) is 13.3. The van der Waals surface area contributed by atoms with Gasteiger partial charge >= 0.3 is 5.97 Å². The molecule has 0 radical (unpaired) electrons. The number of aromatic carboxylic acids is 1. The number of carboxylic acid groups (broad SMARTS) is 1. The van der Waals surface area contributed by atoms with Crippen LogP contribution >= 0.6 is 11.6 Å². The van der Waals surface area contributed by atoms with E-state index in [1.807, 2.05) is 18.2 Å². The average Bonchev–Trinajstić information content (AvgIpc) is 2.60. The fourth-order valence-corrected chi connectivity index (χ4v) is 3.02. The Kier molecular flexibility index (Phi) is 7.44. The summed E-state index contributed by atoms with van der Waals surface area (Å²) in [6, 6.07) is 15.2. The van der Waals surface area contributed by atoms with Gasteiger partial charge in [0.25, 0.3) is 0 Å². The van der Waals surface area contributed by atoms with Crippen molar-refractivity contribution >= 4 is 17.6 Å². The molecule has 5 heteroatoms. The molecule has 0 amide bonds. The van der Waals surface area contributed by atoms with Gasteiger partial charge in [0.15, 0.2) is 0 Å². The highest BCUT2D eigenvalue weighted by Crippen LogP contribution is 2.21. The van der Waals surface area contributed by atoms with Crippen LogP contribution in [0.2, 0.25) is 5.02 Å². The molecule has 0 saturated heterocycles. The Morgan fingerprint density at radius 3 is 2.60 bits per heavy atom. The first-order valence-corrected chi connectivity index (χ1v) is 8.87. The zero-order valence-electron chi connectivity index (χ0n) is 14.7. The molecule has 0 aliphatic heterocycles. The molecule has 2 N–H and O–H groups in total. The van der Waals surface area contributed by atoms with Gasteiger partial charge in [-0.25, -0.2) is 4.79 Å². The fraction of sp³-hybridized carbons (Fsp3) is 0.350. The van der Waals surface area contributed by atoms with Gasteiger partial charge in [0.2, 0.25) is 0 Å². The van der Waals surface area contributed by atoms with Crippen molar-refractivity contribution in [3.8, 4) is 0 Å². The van der Waals surface area contributed by atoms with Crippen molar-refractivity contribution in [3.63, 3.8) is 0 Å². The Balaban J connectivity index is 2.03. The molecule has 0 heterocycles. The highest BCUT2D eigenvalue weighted by Gasteiger charge is 2.16. The lowest BCUT2D eigenvalue weighted by Gasteiger charge is -2.28.